The van der Waals surface area contributed by atoms with Crippen LogP contribution in [0, 0.1) is 0 Å². The van der Waals surface area contributed by atoms with Crippen molar-refractivity contribution in [1.29, 1.82) is 0 Å². The Morgan fingerprint density at radius 3 is 2.73 bits per heavy atom. The Hall–Kier alpha value is -1.62. The van der Waals surface area contributed by atoms with Crippen molar-refractivity contribution in [2.45, 2.75) is 52.7 Å². The van der Waals surface area contributed by atoms with E-state index in [2.05, 4.69) is 17.2 Å². The second-order valence-corrected chi connectivity index (χ2v) is 6.37. The number of rotatable bonds is 8. The third kappa shape index (κ3) is 7.98. The molecular weight excluding hydrogens is 278 g/mol. The standard InChI is InChI=1S/C17H29N3O2/c1-5-9-18-11-7-12-20(16(21)22-17(2,3)4)14-15-8-6-10-19-13-15/h6,8,10,13,18H,5,7,9,11-12,14H2,1-4H3. The molecule has 0 fully saturated rings. The average molecular weight is 307 g/mol. The third-order valence-electron chi connectivity index (χ3n) is 2.96. The number of carbonyl (C=O) groups excluding carboxylic acids is 1. The first kappa shape index (κ1) is 18.4. The highest BCUT2D eigenvalue weighted by atomic mass is 16.6. The van der Waals surface area contributed by atoms with Gasteiger partial charge < -0.3 is 15.0 Å². The second kappa shape index (κ2) is 9.41. The molecule has 1 heterocycles. The van der Waals surface area contributed by atoms with Crippen LogP contribution in [-0.2, 0) is 11.3 Å². The van der Waals surface area contributed by atoms with Crippen LogP contribution >= 0.6 is 0 Å². The predicted octanol–water partition coefficient (Wildman–Crippen LogP) is 3.21. The molecular formula is C17H29N3O2. The largest absolute Gasteiger partial charge is 0.444 e. The highest BCUT2D eigenvalue weighted by Crippen LogP contribution is 2.12. The lowest BCUT2D eigenvalue weighted by Crippen LogP contribution is -2.37. The second-order valence-electron chi connectivity index (χ2n) is 6.37. The molecule has 0 saturated carbocycles. The summed E-state index contributed by atoms with van der Waals surface area (Å²) in [6, 6.07) is 3.85. The highest BCUT2D eigenvalue weighted by molar-refractivity contribution is 5.68. The minimum atomic E-state index is -0.481. The quantitative estimate of drug-likeness (QED) is 0.749. The fourth-order valence-corrected chi connectivity index (χ4v) is 1.97. The summed E-state index contributed by atoms with van der Waals surface area (Å²) in [5.41, 5.74) is 0.528. The van der Waals surface area contributed by atoms with Crippen molar-refractivity contribution >= 4 is 6.09 Å². The Bertz CT molecular complexity index is 429. The van der Waals surface area contributed by atoms with Crippen LogP contribution in [0.4, 0.5) is 4.79 Å². The zero-order valence-electron chi connectivity index (χ0n) is 14.3. The molecule has 0 aliphatic heterocycles. The Kier molecular flexibility index (Phi) is 7.88. The van der Waals surface area contributed by atoms with Crippen molar-refractivity contribution in [3.63, 3.8) is 0 Å². The molecule has 5 heteroatoms. The van der Waals surface area contributed by atoms with Crippen LogP contribution in [0.5, 0.6) is 0 Å². The molecule has 0 atom stereocenters. The Labute approximate surface area is 134 Å². The number of pyridine rings is 1. The Morgan fingerprint density at radius 2 is 2.14 bits per heavy atom. The van der Waals surface area contributed by atoms with Gasteiger partial charge in [0.2, 0.25) is 0 Å². The number of hydrogen-bond acceptors (Lipinski definition) is 4. The zero-order chi connectivity index (χ0) is 16.4. The van der Waals surface area contributed by atoms with Gasteiger partial charge in [-0.2, -0.15) is 0 Å². The lowest BCUT2D eigenvalue weighted by Gasteiger charge is -2.27. The summed E-state index contributed by atoms with van der Waals surface area (Å²) >= 11 is 0. The number of hydrogen-bond donors (Lipinski definition) is 1. The molecule has 5 nitrogen and oxygen atoms in total. The topological polar surface area (TPSA) is 54.5 Å². The minimum absolute atomic E-state index is 0.271. The molecule has 0 saturated heterocycles. The molecule has 124 valence electrons. The number of nitrogens with zero attached hydrogens (tertiary/aromatic N) is 2. The lowest BCUT2D eigenvalue weighted by atomic mass is 10.2. The average Bonchev–Trinajstić information content (AvgIpc) is 2.45. The Balaban J connectivity index is 2.58. The fraction of sp³-hybridized carbons (Fsp3) is 0.647. The van der Waals surface area contributed by atoms with Crippen molar-refractivity contribution in [3.05, 3.63) is 30.1 Å². The van der Waals surface area contributed by atoms with Crippen molar-refractivity contribution in [3.8, 4) is 0 Å². The van der Waals surface area contributed by atoms with Crippen molar-refractivity contribution in [2.24, 2.45) is 0 Å². The minimum Gasteiger partial charge on any atom is -0.444 e. The van der Waals surface area contributed by atoms with Gasteiger partial charge in [0.15, 0.2) is 0 Å². The van der Waals surface area contributed by atoms with Crippen LogP contribution in [0.25, 0.3) is 0 Å². The molecule has 1 rings (SSSR count). The molecule has 0 radical (unpaired) electrons. The predicted molar refractivity (Wildman–Crippen MR) is 88.7 cm³/mol. The van der Waals surface area contributed by atoms with Gasteiger partial charge in [-0.1, -0.05) is 13.0 Å². The van der Waals surface area contributed by atoms with Gasteiger partial charge in [-0.25, -0.2) is 4.79 Å². The van der Waals surface area contributed by atoms with Crippen LogP contribution < -0.4 is 5.32 Å². The van der Waals surface area contributed by atoms with Crippen molar-refractivity contribution in [1.82, 2.24) is 15.2 Å². The van der Waals surface area contributed by atoms with E-state index in [0.29, 0.717) is 13.1 Å². The molecule has 22 heavy (non-hydrogen) atoms. The van der Waals surface area contributed by atoms with E-state index in [1.807, 2.05) is 32.9 Å². The first-order chi connectivity index (χ1) is 10.4. The van der Waals surface area contributed by atoms with Crippen LogP contribution in [0.15, 0.2) is 24.5 Å². The van der Waals surface area contributed by atoms with Gasteiger partial charge >= 0.3 is 6.09 Å². The van der Waals surface area contributed by atoms with E-state index in [1.54, 1.807) is 17.3 Å². The Morgan fingerprint density at radius 1 is 1.36 bits per heavy atom. The molecule has 0 bridgehead atoms. The van der Waals surface area contributed by atoms with Gasteiger partial charge in [-0.15, -0.1) is 0 Å². The van der Waals surface area contributed by atoms with Gasteiger partial charge in [0, 0.05) is 18.9 Å². The van der Waals surface area contributed by atoms with Crippen LogP contribution in [0.2, 0.25) is 0 Å². The first-order valence-electron chi connectivity index (χ1n) is 8.00. The molecule has 1 aromatic rings. The zero-order valence-corrected chi connectivity index (χ0v) is 14.3. The summed E-state index contributed by atoms with van der Waals surface area (Å²) in [6.07, 6.45) is 5.26. The molecule has 0 aromatic carbocycles. The maximum atomic E-state index is 12.3. The fourth-order valence-electron chi connectivity index (χ4n) is 1.97. The van der Waals surface area contributed by atoms with Gasteiger partial charge in [0.05, 0.1) is 6.54 Å². The summed E-state index contributed by atoms with van der Waals surface area (Å²) < 4.78 is 5.50. The van der Waals surface area contributed by atoms with Gasteiger partial charge in [-0.05, 0) is 58.3 Å². The normalized spacial score (nSPS) is 11.3. The smallest absolute Gasteiger partial charge is 0.410 e. The monoisotopic (exact) mass is 307 g/mol. The van der Waals surface area contributed by atoms with Gasteiger partial charge in [-0.3, -0.25) is 4.98 Å². The summed E-state index contributed by atoms with van der Waals surface area (Å²) in [5.74, 6) is 0. The first-order valence-corrected chi connectivity index (χ1v) is 8.00. The maximum absolute atomic E-state index is 12.3. The molecule has 0 aliphatic carbocycles. The van der Waals surface area contributed by atoms with Crippen molar-refractivity contribution < 1.29 is 9.53 Å². The van der Waals surface area contributed by atoms with E-state index >= 15 is 0 Å². The molecule has 0 unspecified atom stereocenters. The van der Waals surface area contributed by atoms with E-state index in [4.69, 9.17) is 4.74 Å². The SMILES string of the molecule is CCCNCCCN(Cc1cccnc1)C(=O)OC(C)(C)C. The lowest BCUT2D eigenvalue weighted by molar-refractivity contribution is 0.0231. The van der Waals surface area contributed by atoms with Crippen LogP contribution in [-0.4, -0.2) is 41.2 Å². The number of aromatic nitrogens is 1. The molecule has 1 aromatic heterocycles. The van der Waals surface area contributed by atoms with Crippen molar-refractivity contribution in [2.75, 3.05) is 19.6 Å². The molecule has 1 N–H and O–H groups in total. The number of nitrogens with one attached hydrogen (secondary N) is 1. The van der Waals surface area contributed by atoms with Gasteiger partial charge in [0.25, 0.3) is 0 Å². The van der Waals surface area contributed by atoms with E-state index in [9.17, 15) is 4.79 Å². The molecule has 0 spiro atoms. The maximum Gasteiger partial charge on any atom is 0.410 e. The summed E-state index contributed by atoms with van der Waals surface area (Å²) in [4.78, 5) is 18.2. The van der Waals surface area contributed by atoms with E-state index in [0.717, 1.165) is 31.5 Å². The van der Waals surface area contributed by atoms with E-state index < -0.39 is 5.60 Å². The third-order valence-corrected chi connectivity index (χ3v) is 2.96. The van der Waals surface area contributed by atoms with E-state index in [1.165, 1.54) is 0 Å². The highest BCUT2D eigenvalue weighted by Gasteiger charge is 2.22. The summed E-state index contributed by atoms with van der Waals surface area (Å²) in [7, 11) is 0. The van der Waals surface area contributed by atoms with Gasteiger partial charge in [0.1, 0.15) is 5.60 Å². The van der Waals surface area contributed by atoms with Crippen LogP contribution in [0.1, 0.15) is 46.1 Å². The summed E-state index contributed by atoms with van der Waals surface area (Å²) in [6.45, 7) is 10.9. The summed E-state index contributed by atoms with van der Waals surface area (Å²) in [5, 5.41) is 3.35. The number of carbonyl (C=O) groups is 1. The molecule has 0 aliphatic rings. The number of amides is 1. The van der Waals surface area contributed by atoms with E-state index in [-0.39, 0.29) is 6.09 Å². The van der Waals surface area contributed by atoms with Crippen LogP contribution in [0.3, 0.4) is 0 Å². The number of ether oxygens (including phenoxy) is 1. The molecule has 1 amide bonds.